The third-order valence-electron chi connectivity index (χ3n) is 4.56. The summed E-state index contributed by atoms with van der Waals surface area (Å²) < 4.78 is 0. The zero-order valence-electron chi connectivity index (χ0n) is 19.3. The molecule has 0 saturated carbocycles. The minimum Gasteiger partial charge on any atom is -0.377 e. The molecular weight excluding hydrogens is 412 g/mol. The van der Waals surface area contributed by atoms with E-state index in [1.807, 2.05) is 64.9 Å². The van der Waals surface area contributed by atoms with Crippen LogP contribution in [0.2, 0.25) is 5.02 Å². The smallest absolute Gasteiger partial charge is 0.318 e. The molecule has 0 unspecified atom stereocenters. The number of rotatable bonds is 7. The molecule has 0 aromatic heterocycles. The van der Waals surface area contributed by atoms with Gasteiger partial charge in [-0.1, -0.05) is 30.7 Å². The molecule has 2 aromatic rings. The Morgan fingerprint density at radius 2 is 1.74 bits per heavy atom. The lowest BCUT2D eigenvalue weighted by Crippen LogP contribution is -2.48. The van der Waals surface area contributed by atoms with E-state index in [1.165, 1.54) is 0 Å². The molecule has 31 heavy (non-hydrogen) atoms. The minimum atomic E-state index is -0.321. The zero-order chi connectivity index (χ0) is 23.2. The normalized spacial score (nSPS) is 11.1. The Hall–Kier alpha value is -2.73. The van der Waals surface area contributed by atoms with Crippen LogP contribution >= 0.6 is 11.6 Å². The quantitative estimate of drug-likeness (QED) is 0.602. The summed E-state index contributed by atoms with van der Waals surface area (Å²) in [5, 5.41) is 6.35. The molecule has 2 rings (SSSR count). The summed E-state index contributed by atoms with van der Waals surface area (Å²) in [7, 11) is 3.92. The van der Waals surface area contributed by atoms with Crippen LogP contribution < -0.4 is 15.5 Å². The van der Waals surface area contributed by atoms with E-state index in [1.54, 1.807) is 29.2 Å². The van der Waals surface area contributed by atoms with Crippen LogP contribution in [0.1, 0.15) is 50.0 Å². The summed E-state index contributed by atoms with van der Waals surface area (Å²) in [5.41, 5.74) is 2.68. The fraction of sp³-hybridized carbons (Fsp3) is 0.417. The summed E-state index contributed by atoms with van der Waals surface area (Å²) in [6.45, 7) is 9.00. The molecule has 0 spiro atoms. The number of carbonyl (C=O) groups is 2. The third-order valence-corrected chi connectivity index (χ3v) is 4.89. The summed E-state index contributed by atoms with van der Waals surface area (Å²) in [6.07, 6.45) is 0.845. The molecule has 0 heterocycles. The maximum atomic E-state index is 12.8. The van der Waals surface area contributed by atoms with Gasteiger partial charge in [-0.15, -0.1) is 0 Å². The van der Waals surface area contributed by atoms with E-state index in [4.69, 9.17) is 11.6 Å². The van der Waals surface area contributed by atoms with Gasteiger partial charge in [0.1, 0.15) is 0 Å². The van der Waals surface area contributed by atoms with E-state index in [2.05, 4.69) is 10.6 Å². The molecule has 168 valence electrons. The van der Waals surface area contributed by atoms with Crippen LogP contribution in [-0.4, -0.2) is 43.0 Å². The third kappa shape index (κ3) is 7.17. The molecular formula is C24H33ClN4O2. The van der Waals surface area contributed by atoms with Gasteiger partial charge in [0.25, 0.3) is 5.91 Å². The number of halogens is 1. The Morgan fingerprint density at radius 1 is 1.06 bits per heavy atom. The lowest BCUT2D eigenvalue weighted by Gasteiger charge is -2.30. The topological polar surface area (TPSA) is 64.7 Å². The van der Waals surface area contributed by atoms with Crippen molar-refractivity contribution in [3.63, 3.8) is 0 Å². The Kier molecular flexibility index (Phi) is 8.34. The Balaban J connectivity index is 2.31. The predicted molar refractivity (Wildman–Crippen MR) is 129 cm³/mol. The summed E-state index contributed by atoms with van der Waals surface area (Å²) in [5.74, 6) is -0.273. The van der Waals surface area contributed by atoms with Crippen molar-refractivity contribution in [3.8, 4) is 0 Å². The van der Waals surface area contributed by atoms with Crippen molar-refractivity contribution in [2.45, 2.75) is 46.2 Å². The van der Waals surface area contributed by atoms with E-state index in [0.717, 1.165) is 17.7 Å². The SMILES string of the molecule is CCCN(Cc1cc(NC(=O)c2ccccc2Cl)ccc1N(C)C)C(=O)NC(C)(C)C. The monoisotopic (exact) mass is 444 g/mol. The molecule has 0 bridgehead atoms. The number of benzene rings is 2. The second-order valence-electron chi connectivity index (χ2n) is 8.77. The average molecular weight is 445 g/mol. The molecule has 0 aliphatic heterocycles. The van der Waals surface area contributed by atoms with Crippen LogP contribution in [0, 0.1) is 0 Å². The first-order chi connectivity index (χ1) is 14.5. The molecule has 6 nitrogen and oxygen atoms in total. The van der Waals surface area contributed by atoms with E-state index < -0.39 is 0 Å². The molecule has 0 saturated heterocycles. The van der Waals surface area contributed by atoms with Crippen molar-refractivity contribution in [2.75, 3.05) is 30.9 Å². The maximum absolute atomic E-state index is 12.8. The highest BCUT2D eigenvalue weighted by atomic mass is 35.5. The summed E-state index contributed by atoms with van der Waals surface area (Å²) in [4.78, 5) is 29.3. The largest absolute Gasteiger partial charge is 0.377 e. The fourth-order valence-electron chi connectivity index (χ4n) is 3.20. The number of hydrogen-bond donors (Lipinski definition) is 2. The van der Waals surface area contributed by atoms with Gasteiger partial charge in [-0.05, 0) is 63.1 Å². The zero-order valence-corrected chi connectivity index (χ0v) is 20.0. The number of carbonyl (C=O) groups excluding carboxylic acids is 2. The number of amides is 3. The van der Waals surface area contributed by atoms with Crippen LogP contribution in [0.4, 0.5) is 16.2 Å². The van der Waals surface area contributed by atoms with E-state index in [-0.39, 0.29) is 17.5 Å². The van der Waals surface area contributed by atoms with Gasteiger partial charge in [0, 0.05) is 44.1 Å². The average Bonchev–Trinajstić information content (AvgIpc) is 2.66. The number of nitrogens with one attached hydrogen (secondary N) is 2. The number of anilines is 2. The Labute approximate surface area is 190 Å². The first-order valence-corrected chi connectivity index (χ1v) is 10.8. The Bertz CT molecular complexity index is 922. The first kappa shape index (κ1) is 24.5. The fourth-order valence-corrected chi connectivity index (χ4v) is 3.42. The van der Waals surface area contributed by atoms with Gasteiger partial charge < -0.3 is 20.4 Å². The number of urea groups is 1. The van der Waals surface area contributed by atoms with Gasteiger partial charge in [0.2, 0.25) is 0 Å². The van der Waals surface area contributed by atoms with Crippen molar-refractivity contribution in [2.24, 2.45) is 0 Å². The molecule has 0 radical (unpaired) electrons. The maximum Gasteiger partial charge on any atom is 0.318 e. The molecule has 2 aromatic carbocycles. The molecule has 3 amide bonds. The minimum absolute atomic E-state index is 0.107. The van der Waals surface area contributed by atoms with Gasteiger partial charge in [0.05, 0.1) is 10.6 Å². The highest BCUT2D eigenvalue weighted by Gasteiger charge is 2.21. The van der Waals surface area contributed by atoms with E-state index in [0.29, 0.717) is 29.4 Å². The standard InChI is InChI=1S/C24H33ClN4O2/c1-7-14-29(23(31)27-24(2,3)4)16-17-15-18(12-13-21(17)28(5)6)26-22(30)19-10-8-9-11-20(19)25/h8-13,15H,7,14,16H2,1-6H3,(H,26,30)(H,27,31). The van der Waals surface area contributed by atoms with Crippen molar-refractivity contribution < 1.29 is 9.59 Å². The summed E-state index contributed by atoms with van der Waals surface area (Å²) in [6, 6.07) is 12.5. The lowest BCUT2D eigenvalue weighted by molar-refractivity contribution is 0.102. The lowest BCUT2D eigenvalue weighted by atomic mass is 10.1. The van der Waals surface area contributed by atoms with Crippen molar-refractivity contribution >= 4 is 34.9 Å². The van der Waals surface area contributed by atoms with Gasteiger partial charge >= 0.3 is 6.03 Å². The van der Waals surface area contributed by atoms with Crippen LogP contribution in [0.25, 0.3) is 0 Å². The predicted octanol–water partition coefficient (Wildman–Crippen LogP) is 5.38. The van der Waals surface area contributed by atoms with E-state index >= 15 is 0 Å². The first-order valence-electron chi connectivity index (χ1n) is 10.4. The van der Waals surface area contributed by atoms with Crippen molar-refractivity contribution in [3.05, 3.63) is 58.6 Å². The molecule has 0 fully saturated rings. The van der Waals surface area contributed by atoms with Crippen LogP contribution in [-0.2, 0) is 6.54 Å². The highest BCUT2D eigenvalue weighted by Crippen LogP contribution is 2.26. The van der Waals surface area contributed by atoms with Gasteiger partial charge in [-0.3, -0.25) is 4.79 Å². The molecule has 0 atom stereocenters. The second kappa shape index (κ2) is 10.5. The highest BCUT2D eigenvalue weighted by molar-refractivity contribution is 6.34. The van der Waals surface area contributed by atoms with Crippen molar-refractivity contribution in [1.82, 2.24) is 10.2 Å². The number of hydrogen-bond acceptors (Lipinski definition) is 3. The molecule has 0 aliphatic carbocycles. The second-order valence-corrected chi connectivity index (χ2v) is 9.18. The van der Waals surface area contributed by atoms with Crippen LogP contribution in [0.15, 0.2) is 42.5 Å². The van der Waals surface area contributed by atoms with E-state index in [9.17, 15) is 9.59 Å². The van der Waals surface area contributed by atoms with Gasteiger partial charge in [-0.2, -0.15) is 0 Å². The van der Waals surface area contributed by atoms with Crippen LogP contribution in [0.3, 0.4) is 0 Å². The molecule has 7 heteroatoms. The summed E-state index contributed by atoms with van der Waals surface area (Å²) >= 11 is 6.16. The number of nitrogens with zero attached hydrogens (tertiary/aromatic N) is 2. The molecule has 0 aliphatic rings. The Morgan fingerprint density at radius 3 is 2.32 bits per heavy atom. The van der Waals surface area contributed by atoms with Gasteiger partial charge in [-0.25, -0.2) is 4.79 Å². The van der Waals surface area contributed by atoms with Gasteiger partial charge in [0.15, 0.2) is 0 Å². The van der Waals surface area contributed by atoms with Crippen molar-refractivity contribution in [1.29, 1.82) is 0 Å². The van der Waals surface area contributed by atoms with Crippen LogP contribution in [0.5, 0.6) is 0 Å². The molecule has 2 N–H and O–H groups in total.